The lowest BCUT2D eigenvalue weighted by Gasteiger charge is -2.11. The maximum Gasteiger partial charge on any atom is 0.330 e. The summed E-state index contributed by atoms with van der Waals surface area (Å²) in [5.74, 6) is -0.288. The molecule has 0 aromatic heterocycles. The van der Waals surface area contributed by atoms with E-state index in [1.54, 1.807) is 19.1 Å². The maximum atomic E-state index is 11.0. The average Bonchev–Trinajstić information content (AvgIpc) is 2.12. The van der Waals surface area contributed by atoms with Gasteiger partial charge in [0, 0.05) is 6.08 Å². The Balaban J connectivity index is 3.82. The van der Waals surface area contributed by atoms with E-state index in [4.69, 9.17) is 4.74 Å². The van der Waals surface area contributed by atoms with Crippen LogP contribution in [0.1, 0.15) is 33.1 Å². The van der Waals surface area contributed by atoms with Gasteiger partial charge in [0.05, 0.1) is 0 Å². The molecule has 0 aliphatic rings. The van der Waals surface area contributed by atoms with Gasteiger partial charge in [-0.15, -0.1) is 0 Å². The number of allylic oxidation sites excluding steroid dienone is 1. The largest absolute Gasteiger partial charge is 0.455 e. The summed E-state index contributed by atoms with van der Waals surface area (Å²) in [5, 5.41) is 0. The summed E-state index contributed by atoms with van der Waals surface area (Å²) in [7, 11) is 0. The zero-order valence-electron chi connectivity index (χ0n) is 8.45. The van der Waals surface area contributed by atoms with Gasteiger partial charge in [-0.1, -0.05) is 32.1 Å². The molecule has 0 spiro atoms. The Bertz CT molecular complexity index is 183. The predicted molar refractivity (Wildman–Crippen MR) is 54.4 cm³/mol. The Hall–Kier alpha value is -1.05. The zero-order valence-corrected chi connectivity index (χ0v) is 8.45. The van der Waals surface area contributed by atoms with Crippen molar-refractivity contribution in [1.29, 1.82) is 0 Å². The quantitative estimate of drug-likeness (QED) is 0.358. The third kappa shape index (κ3) is 6.14. The summed E-state index contributed by atoms with van der Waals surface area (Å²) in [6, 6.07) is 0. The van der Waals surface area contributed by atoms with E-state index >= 15 is 0 Å². The van der Waals surface area contributed by atoms with Crippen molar-refractivity contribution >= 4 is 5.97 Å². The van der Waals surface area contributed by atoms with Gasteiger partial charge in [0.25, 0.3) is 0 Å². The van der Waals surface area contributed by atoms with Crippen LogP contribution in [0.3, 0.4) is 0 Å². The van der Waals surface area contributed by atoms with Crippen LogP contribution in [0.15, 0.2) is 24.8 Å². The Morgan fingerprint density at radius 1 is 1.62 bits per heavy atom. The van der Waals surface area contributed by atoms with Crippen LogP contribution in [0.5, 0.6) is 0 Å². The number of carbonyl (C=O) groups excluding carboxylic acids is 1. The minimum atomic E-state index is -0.288. The molecule has 0 saturated heterocycles. The summed E-state index contributed by atoms with van der Waals surface area (Å²) in [6.07, 6.45) is 7.65. The third-order valence-corrected chi connectivity index (χ3v) is 1.68. The van der Waals surface area contributed by atoms with Gasteiger partial charge in [-0.05, 0) is 19.8 Å². The van der Waals surface area contributed by atoms with Gasteiger partial charge < -0.3 is 4.74 Å². The summed E-state index contributed by atoms with van der Waals surface area (Å²) >= 11 is 0. The van der Waals surface area contributed by atoms with Gasteiger partial charge in [0.2, 0.25) is 0 Å². The molecule has 0 aromatic rings. The number of rotatable bonds is 6. The molecule has 0 rings (SSSR count). The number of ether oxygens (including phenoxy) is 1. The summed E-state index contributed by atoms with van der Waals surface area (Å²) in [6.45, 7) is 7.52. The molecule has 0 radical (unpaired) electrons. The molecule has 0 fully saturated rings. The fourth-order valence-electron chi connectivity index (χ4n) is 0.955. The van der Waals surface area contributed by atoms with Crippen LogP contribution in [-0.2, 0) is 9.53 Å². The number of unbranched alkanes of at least 4 members (excludes halogenated alkanes) is 1. The predicted octanol–water partition coefficient (Wildman–Crippen LogP) is 2.85. The van der Waals surface area contributed by atoms with Crippen molar-refractivity contribution in [3.8, 4) is 0 Å². The first-order valence-corrected chi connectivity index (χ1v) is 4.70. The van der Waals surface area contributed by atoms with E-state index in [1.807, 2.05) is 0 Å². The smallest absolute Gasteiger partial charge is 0.330 e. The van der Waals surface area contributed by atoms with Gasteiger partial charge >= 0.3 is 5.97 Å². The highest BCUT2D eigenvalue weighted by Crippen LogP contribution is 2.06. The molecule has 2 heteroatoms. The molecule has 0 unspecified atom stereocenters. The molecule has 0 N–H and O–H groups in total. The molecule has 0 aliphatic carbocycles. The van der Waals surface area contributed by atoms with Crippen LogP contribution in [-0.4, -0.2) is 12.1 Å². The van der Waals surface area contributed by atoms with E-state index in [1.165, 1.54) is 6.08 Å². The standard InChI is InChI=1S/C11H18O2/c1-4-7-9-10(6-3)13-11(12)8-5-2/h5-6,8,10H,3-4,7,9H2,1-2H3/b8-5+/t10-/m1/s1. The Kier molecular flexibility index (Phi) is 6.98. The van der Waals surface area contributed by atoms with Crippen LogP contribution in [0.2, 0.25) is 0 Å². The lowest BCUT2D eigenvalue weighted by molar-refractivity contribution is -0.141. The molecule has 1 atom stereocenters. The fraction of sp³-hybridized carbons (Fsp3) is 0.545. The van der Waals surface area contributed by atoms with Crippen molar-refractivity contribution in [3.05, 3.63) is 24.8 Å². The second-order valence-corrected chi connectivity index (χ2v) is 2.85. The maximum absolute atomic E-state index is 11.0. The highest BCUT2D eigenvalue weighted by Gasteiger charge is 2.06. The van der Waals surface area contributed by atoms with Gasteiger partial charge in [0.15, 0.2) is 0 Å². The highest BCUT2D eigenvalue weighted by atomic mass is 16.5. The van der Waals surface area contributed by atoms with Crippen molar-refractivity contribution in [2.45, 2.75) is 39.2 Å². The fourth-order valence-corrected chi connectivity index (χ4v) is 0.955. The first-order chi connectivity index (χ1) is 6.24. The molecule has 74 valence electrons. The van der Waals surface area contributed by atoms with Crippen molar-refractivity contribution in [1.82, 2.24) is 0 Å². The van der Waals surface area contributed by atoms with Gasteiger partial charge in [0.1, 0.15) is 6.10 Å². The van der Waals surface area contributed by atoms with E-state index in [-0.39, 0.29) is 12.1 Å². The third-order valence-electron chi connectivity index (χ3n) is 1.68. The molecular weight excluding hydrogens is 164 g/mol. The first kappa shape index (κ1) is 11.9. The van der Waals surface area contributed by atoms with Crippen LogP contribution < -0.4 is 0 Å². The summed E-state index contributed by atoms with van der Waals surface area (Å²) in [4.78, 5) is 11.0. The van der Waals surface area contributed by atoms with E-state index < -0.39 is 0 Å². The minimum absolute atomic E-state index is 0.136. The molecule has 0 bridgehead atoms. The summed E-state index contributed by atoms with van der Waals surface area (Å²) < 4.78 is 5.10. The number of carbonyl (C=O) groups is 1. The lowest BCUT2D eigenvalue weighted by Crippen LogP contribution is -2.13. The number of hydrogen-bond acceptors (Lipinski definition) is 2. The molecule has 0 heterocycles. The van der Waals surface area contributed by atoms with E-state index in [2.05, 4.69) is 13.5 Å². The number of hydrogen-bond donors (Lipinski definition) is 0. The minimum Gasteiger partial charge on any atom is -0.455 e. The Morgan fingerprint density at radius 3 is 2.77 bits per heavy atom. The van der Waals surface area contributed by atoms with E-state index in [0.29, 0.717) is 0 Å². The second-order valence-electron chi connectivity index (χ2n) is 2.85. The van der Waals surface area contributed by atoms with Crippen molar-refractivity contribution in [2.24, 2.45) is 0 Å². The van der Waals surface area contributed by atoms with Crippen LogP contribution in [0, 0.1) is 0 Å². The van der Waals surface area contributed by atoms with E-state index in [0.717, 1.165) is 19.3 Å². The van der Waals surface area contributed by atoms with Crippen molar-refractivity contribution in [2.75, 3.05) is 0 Å². The second kappa shape index (κ2) is 7.59. The topological polar surface area (TPSA) is 26.3 Å². The van der Waals surface area contributed by atoms with Crippen LogP contribution in [0.25, 0.3) is 0 Å². The monoisotopic (exact) mass is 182 g/mol. The Labute approximate surface area is 80.3 Å². The normalized spacial score (nSPS) is 12.8. The van der Waals surface area contributed by atoms with Crippen LogP contribution in [0.4, 0.5) is 0 Å². The van der Waals surface area contributed by atoms with Crippen molar-refractivity contribution < 1.29 is 9.53 Å². The SMILES string of the molecule is C=C[C@H](CCCC)OC(=O)/C=C/C. The van der Waals surface area contributed by atoms with Crippen LogP contribution >= 0.6 is 0 Å². The Morgan fingerprint density at radius 2 is 2.31 bits per heavy atom. The van der Waals surface area contributed by atoms with Gasteiger partial charge in [-0.3, -0.25) is 0 Å². The molecule has 2 nitrogen and oxygen atoms in total. The molecule has 13 heavy (non-hydrogen) atoms. The van der Waals surface area contributed by atoms with Gasteiger partial charge in [-0.2, -0.15) is 0 Å². The molecule has 0 saturated carbocycles. The highest BCUT2D eigenvalue weighted by molar-refractivity contribution is 5.82. The molecular formula is C11H18O2. The molecule has 0 aromatic carbocycles. The molecule has 0 aliphatic heterocycles. The first-order valence-electron chi connectivity index (χ1n) is 4.70. The summed E-state index contributed by atoms with van der Waals surface area (Å²) in [5.41, 5.74) is 0. The zero-order chi connectivity index (χ0) is 10.1. The average molecular weight is 182 g/mol. The van der Waals surface area contributed by atoms with Gasteiger partial charge in [-0.25, -0.2) is 4.79 Å². The van der Waals surface area contributed by atoms with E-state index in [9.17, 15) is 4.79 Å². The lowest BCUT2D eigenvalue weighted by atomic mass is 10.1. The number of esters is 1. The molecule has 0 amide bonds. The van der Waals surface area contributed by atoms with Crippen molar-refractivity contribution in [3.63, 3.8) is 0 Å².